The molecule has 2 N–H and O–H groups in total. The first-order chi connectivity index (χ1) is 4.91. The van der Waals surface area contributed by atoms with Crippen LogP contribution in [0.5, 0.6) is 0 Å². The van der Waals surface area contributed by atoms with E-state index in [9.17, 15) is 9.59 Å². The predicted octanol–water partition coefficient (Wildman–Crippen LogP) is 0.683. The van der Waals surface area contributed by atoms with Crippen molar-refractivity contribution < 1.29 is 44.5 Å². The summed E-state index contributed by atoms with van der Waals surface area (Å²) in [6, 6.07) is 0. The molecule has 61 valence electrons. The summed E-state index contributed by atoms with van der Waals surface area (Å²) >= 11 is 1.07. The van der Waals surface area contributed by atoms with Crippen LogP contribution in [0.1, 0.15) is 6.92 Å². The minimum absolute atomic E-state index is 0.141. The van der Waals surface area contributed by atoms with Crippen LogP contribution in [-0.4, -0.2) is 22.2 Å². The molecule has 0 heterocycles. The van der Waals surface area contributed by atoms with Gasteiger partial charge in [-0.05, 0) is 0 Å². The minimum atomic E-state index is -0.981. The molecule has 5 heteroatoms. The Balaban J connectivity index is 0. The number of rotatable bonds is 2. The van der Waals surface area contributed by atoms with Crippen molar-refractivity contribution >= 4 is 11.9 Å². The fourth-order valence-electron chi connectivity index (χ4n) is 0. The Hall–Kier alpha value is -0.437. The Bertz CT molecular complexity index is 153. The molecule has 11 heavy (non-hydrogen) atoms. The molecule has 0 fully saturated rings. The zero-order chi connectivity index (χ0) is 9.44. The summed E-state index contributed by atoms with van der Waals surface area (Å²) in [7, 11) is 0. The van der Waals surface area contributed by atoms with Gasteiger partial charge in [0.15, 0.2) is 0 Å². The molecule has 4 nitrogen and oxygen atoms in total. The van der Waals surface area contributed by atoms with Crippen molar-refractivity contribution in [1.29, 1.82) is 0 Å². The molecule has 0 aromatic rings. The van der Waals surface area contributed by atoms with Gasteiger partial charge in [-0.25, -0.2) is 4.79 Å². The Morgan fingerprint density at radius 2 is 1.73 bits per heavy atom. The molecule has 1 atom stereocenters. The van der Waals surface area contributed by atoms with E-state index in [1.165, 1.54) is 0 Å². The van der Waals surface area contributed by atoms with Gasteiger partial charge in [-0.3, -0.25) is 0 Å². The van der Waals surface area contributed by atoms with Gasteiger partial charge in [0.05, 0.1) is 0 Å². The number of carboxylic acid groups (broad SMARTS) is 2. The molecule has 0 aliphatic rings. The van der Waals surface area contributed by atoms with Gasteiger partial charge in [0.1, 0.15) is 0 Å². The Morgan fingerprint density at radius 3 is 1.73 bits per heavy atom. The summed E-state index contributed by atoms with van der Waals surface area (Å²) in [5.41, 5.74) is 0. The Labute approximate surface area is 79.8 Å². The van der Waals surface area contributed by atoms with Crippen LogP contribution in [0.25, 0.3) is 0 Å². The molecule has 0 radical (unpaired) electrons. The van der Waals surface area contributed by atoms with Gasteiger partial charge in [0, 0.05) is 6.08 Å². The molecular weight excluding hydrogens is 227 g/mol. The monoisotopic (exact) mass is 235 g/mol. The topological polar surface area (TPSA) is 74.6 Å². The molecule has 0 saturated carbocycles. The van der Waals surface area contributed by atoms with Crippen LogP contribution in [0, 0.1) is 0 Å². The van der Waals surface area contributed by atoms with E-state index >= 15 is 0 Å². The van der Waals surface area contributed by atoms with E-state index in [1.807, 2.05) is 0 Å². The second-order valence-electron chi connectivity index (χ2n) is 1.60. The zero-order valence-electron chi connectivity index (χ0n) is 6.07. The number of aliphatic carboxylic acids is 2. The van der Waals surface area contributed by atoms with E-state index in [4.69, 9.17) is 10.2 Å². The van der Waals surface area contributed by atoms with Gasteiger partial charge in [0.2, 0.25) is 0 Å². The summed E-state index contributed by atoms with van der Waals surface area (Å²) < 4.78 is -0.141. The Kier molecular flexibility index (Phi) is 9.18. The average molecular weight is 236 g/mol. The standard InChI is InChI=1S/C3H5O2.C3H4O2.Zr/c2*1-2-3(4)5;/h2H,1H3,(H,4,5);2H,1H2,(H,4,5);. The van der Waals surface area contributed by atoms with Crippen LogP contribution in [0.2, 0.25) is 3.63 Å². The van der Waals surface area contributed by atoms with E-state index in [-0.39, 0.29) is 3.63 Å². The summed E-state index contributed by atoms with van der Waals surface area (Å²) in [4.78, 5) is 19.0. The molecule has 0 spiro atoms. The molecule has 0 aromatic heterocycles. The van der Waals surface area contributed by atoms with Crippen molar-refractivity contribution in [2.24, 2.45) is 0 Å². The molecule has 1 unspecified atom stereocenters. The van der Waals surface area contributed by atoms with Crippen molar-refractivity contribution in [3.05, 3.63) is 12.7 Å². The van der Waals surface area contributed by atoms with Gasteiger partial charge < -0.3 is 5.11 Å². The van der Waals surface area contributed by atoms with Crippen molar-refractivity contribution in [1.82, 2.24) is 0 Å². The predicted molar refractivity (Wildman–Crippen MR) is 34.9 cm³/mol. The molecule has 0 rings (SSSR count). The third kappa shape index (κ3) is 17.7. The zero-order valence-corrected chi connectivity index (χ0v) is 8.53. The van der Waals surface area contributed by atoms with Gasteiger partial charge >= 0.3 is 57.1 Å². The van der Waals surface area contributed by atoms with Crippen molar-refractivity contribution in [3.8, 4) is 0 Å². The van der Waals surface area contributed by atoms with Crippen LogP contribution in [0.15, 0.2) is 12.7 Å². The molecule has 0 aliphatic carbocycles. The quantitative estimate of drug-likeness (QED) is 0.692. The van der Waals surface area contributed by atoms with Crippen LogP contribution in [0.4, 0.5) is 0 Å². The summed E-state index contributed by atoms with van der Waals surface area (Å²) in [5.74, 6) is -1.68. The van der Waals surface area contributed by atoms with E-state index in [1.54, 1.807) is 6.92 Å². The summed E-state index contributed by atoms with van der Waals surface area (Å²) in [6.45, 7) is 4.64. The Morgan fingerprint density at radius 1 is 1.55 bits per heavy atom. The van der Waals surface area contributed by atoms with Crippen LogP contribution < -0.4 is 0 Å². The maximum atomic E-state index is 9.72. The maximum absolute atomic E-state index is 9.72. The SMILES string of the molecule is C=CC(=O)O.C[CH]([Zr])C(=O)O. The van der Waals surface area contributed by atoms with Crippen LogP contribution in [0.3, 0.4) is 0 Å². The second kappa shape index (κ2) is 7.67. The van der Waals surface area contributed by atoms with Gasteiger partial charge in [-0.1, -0.05) is 6.58 Å². The molecule has 0 aliphatic heterocycles. The van der Waals surface area contributed by atoms with Gasteiger partial charge in [0.25, 0.3) is 0 Å². The fourth-order valence-corrected chi connectivity index (χ4v) is 0. The van der Waals surface area contributed by atoms with Gasteiger partial charge in [-0.15, -0.1) is 0 Å². The number of carbonyl (C=O) groups is 2. The molecule has 0 bridgehead atoms. The first-order valence-corrected chi connectivity index (χ1v) is 4.13. The van der Waals surface area contributed by atoms with Crippen molar-refractivity contribution in [3.63, 3.8) is 0 Å². The third-order valence-electron chi connectivity index (χ3n) is 0.545. The van der Waals surface area contributed by atoms with E-state index in [2.05, 4.69) is 6.58 Å². The van der Waals surface area contributed by atoms with Crippen molar-refractivity contribution in [2.75, 3.05) is 0 Å². The average Bonchev–Trinajstić information content (AvgIpc) is 1.89. The number of hydrogen-bond donors (Lipinski definition) is 2. The number of carboxylic acids is 2. The third-order valence-corrected chi connectivity index (χ3v) is 1.15. The van der Waals surface area contributed by atoms with Gasteiger partial charge in [-0.2, -0.15) is 0 Å². The summed E-state index contributed by atoms with van der Waals surface area (Å²) in [5, 5.41) is 15.6. The first-order valence-electron chi connectivity index (χ1n) is 2.71. The molecule has 0 aromatic carbocycles. The molecule has 0 saturated heterocycles. The fraction of sp³-hybridized carbons (Fsp3) is 0.333. The normalized spacial score (nSPS) is 10.2. The summed E-state index contributed by atoms with van der Waals surface area (Å²) in [6.07, 6.45) is 0.833. The van der Waals surface area contributed by atoms with E-state index < -0.39 is 11.9 Å². The van der Waals surface area contributed by atoms with E-state index in [0.717, 1.165) is 30.8 Å². The van der Waals surface area contributed by atoms with Crippen LogP contribution >= 0.6 is 0 Å². The van der Waals surface area contributed by atoms with E-state index in [0.29, 0.717) is 0 Å². The number of hydrogen-bond acceptors (Lipinski definition) is 2. The molecule has 0 amide bonds. The van der Waals surface area contributed by atoms with Crippen molar-refractivity contribution in [2.45, 2.75) is 10.5 Å². The van der Waals surface area contributed by atoms with Crippen LogP contribution in [-0.2, 0) is 34.3 Å². The first kappa shape index (κ1) is 13.2. The second-order valence-corrected chi connectivity index (χ2v) is 3.73. The molecular formula is C6H9O4Zr.